The Balaban J connectivity index is 2.12. The monoisotopic (exact) mass is 360 g/mol. The Labute approximate surface area is 149 Å². The number of anilines is 1. The maximum Gasteiger partial charge on any atom is 0.251 e. The first-order valence-corrected chi connectivity index (χ1v) is 9.92. The van der Waals surface area contributed by atoms with Crippen LogP contribution >= 0.6 is 0 Å². The third-order valence-electron chi connectivity index (χ3n) is 4.19. The summed E-state index contributed by atoms with van der Waals surface area (Å²) in [6.45, 7) is 3.62. The van der Waals surface area contributed by atoms with Gasteiger partial charge in [-0.15, -0.1) is 0 Å². The lowest BCUT2D eigenvalue weighted by molar-refractivity contribution is 0.0935. The number of nitrogens with zero attached hydrogens (tertiary/aromatic N) is 1. The normalized spacial score (nSPS) is 12.4. The van der Waals surface area contributed by atoms with Crippen molar-refractivity contribution >= 4 is 21.6 Å². The van der Waals surface area contributed by atoms with Gasteiger partial charge in [0.25, 0.3) is 5.91 Å². The first kappa shape index (κ1) is 19.0. The molecule has 5 nitrogen and oxygen atoms in total. The Hall–Kier alpha value is -2.34. The van der Waals surface area contributed by atoms with Crippen molar-refractivity contribution in [1.82, 2.24) is 5.32 Å². The summed E-state index contributed by atoms with van der Waals surface area (Å²) in [7, 11) is -1.80. The zero-order valence-corrected chi connectivity index (χ0v) is 15.6. The Morgan fingerprint density at radius 2 is 1.64 bits per heavy atom. The van der Waals surface area contributed by atoms with Crippen molar-refractivity contribution in [3.05, 3.63) is 65.7 Å². The Morgan fingerprint density at radius 1 is 1.04 bits per heavy atom. The molecule has 2 aromatic carbocycles. The molecule has 0 saturated heterocycles. The SMILES string of the molecule is CC[C@@H](NC(=O)c1ccc(N(C)S(=O)(=O)CC)cc1)c1ccccc1. The molecule has 6 heteroatoms. The van der Waals surface area contributed by atoms with Crippen LogP contribution in [0.2, 0.25) is 0 Å². The van der Waals surface area contributed by atoms with E-state index in [0.29, 0.717) is 11.3 Å². The zero-order chi connectivity index (χ0) is 18.4. The van der Waals surface area contributed by atoms with E-state index in [1.54, 1.807) is 31.2 Å². The molecule has 0 spiro atoms. The van der Waals surface area contributed by atoms with Crippen molar-refractivity contribution in [2.45, 2.75) is 26.3 Å². The topological polar surface area (TPSA) is 66.5 Å². The molecule has 0 aliphatic rings. The number of hydrogen-bond donors (Lipinski definition) is 1. The van der Waals surface area contributed by atoms with Gasteiger partial charge < -0.3 is 5.32 Å². The minimum absolute atomic E-state index is 0.0288. The largest absolute Gasteiger partial charge is 0.345 e. The van der Waals surface area contributed by atoms with Gasteiger partial charge in [0.2, 0.25) is 10.0 Å². The lowest BCUT2D eigenvalue weighted by Crippen LogP contribution is -2.29. The van der Waals surface area contributed by atoms with Crippen LogP contribution < -0.4 is 9.62 Å². The molecule has 25 heavy (non-hydrogen) atoms. The quantitative estimate of drug-likeness (QED) is 0.823. The molecule has 0 unspecified atom stereocenters. The van der Waals surface area contributed by atoms with Gasteiger partial charge in [0, 0.05) is 12.6 Å². The number of sulfonamides is 1. The molecular weight excluding hydrogens is 336 g/mol. The standard InChI is InChI=1S/C19H24N2O3S/c1-4-18(15-9-7-6-8-10-15)20-19(22)16-11-13-17(14-12-16)21(3)25(23,24)5-2/h6-14,18H,4-5H2,1-3H3,(H,20,22)/t18-/m1/s1. The minimum Gasteiger partial charge on any atom is -0.345 e. The molecule has 2 aromatic rings. The third-order valence-corrected chi connectivity index (χ3v) is 5.97. The van der Waals surface area contributed by atoms with Crippen molar-refractivity contribution in [1.29, 1.82) is 0 Å². The fourth-order valence-corrected chi connectivity index (χ4v) is 3.36. The number of rotatable bonds is 7. The summed E-state index contributed by atoms with van der Waals surface area (Å²) < 4.78 is 25.0. The minimum atomic E-state index is -3.31. The highest BCUT2D eigenvalue weighted by atomic mass is 32.2. The van der Waals surface area contributed by atoms with Crippen molar-refractivity contribution < 1.29 is 13.2 Å². The highest BCUT2D eigenvalue weighted by Gasteiger charge is 2.17. The average molecular weight is 360 g/mol. The first-order valence-electron chi connectivity index (χ1n) is 8.31. The fraction of sp³-hybridized carbons (Fsp3) is 0.316. The van der Waals surface area contributed by atoms with E-state index >= 15 is 0 Å². The zero-order valence-electron chi connectivity index (χ0n) is 14.8. The van der Waals surface area contributed by atoms with E-state index in [0.717, 1.165) is 12.0 Å². The lowest BCUT2D eigenvalue weighted by atomic mass is 10.0. The average Bonchev–Trinajstić information content (AvgIpc) is 2.66. The second-order valence-corrected chi connectivity index (χ2v) is 8.05. The summed E-state index contributed by atoms with van der Waals surface area (Å²) in [6.07, 6.45) is 0.783. The number of nitrogens with one attached hydrogen (secondary N) is 1. The summed E-state index contributed by atoms with van der Waals surface area (Å²) in [6, 6.07) is 16.3. The Kier molecular flexibility index (Phi) is 6.20. The molecule has 0 bridgehead atoms. The van der Waals surface area contributed by atoms with Crippen LogP contribution in [-0.4, -0.2) is 27.1 Å². The molecule has 0 heterocycles. The highest BCUT2D eigenvalue weighted by Crippen LogP contribution is 2.19. The second-order valence-electron chi connectivity index (χ2n) is 5.76. The van der Waals surface area contributed by atoms with Gasteiger partial charge in [-0.1, -0.05) is 37.3 Å². The van der Waals surface area contributed by atoms with E-state index in [4.69, 9.17) is 0 Å². The molecule has 0 radical (unpaired) electrons. The van der Waals surface area contributed by atoms with E-state index < -0.39 is 10.0 Å². The van der Waals surface area contributed by atoms with Crippen LogP contribution in [0.4, 0.5) is 5.69 Å². The molecule has 1 amide bonds. The van der Waals surface area contributed by atoms with Crippen LogP contribution in [0.15, 0.2) is 54.6 Å². The predicted molar refractivity (Wildman–Crippen MR) is 101 cm³/mol. The van der Waals surface area contributed by atoms with E-state index in [-0.39, 0.29) is 17.7 Å². The summed E-state index contributed by atoms with van der Waals surface area (Å²) in [4.78, 5) is 12.5. The van der Waals surface area contributed by atoms with Crippen molar-refractivity contribution in [3.8, 4) is 0 Å². The van der Waals surface area contributed by atoms with Crippen LogP contribution in [0, 0.1) is 0 Å². The second kappa shape index (κ2) is 8.16. The molecule has 1 N–H and O–H groups in total. The maximum absolute atomic E-state index is 12.5. The molecule has 0 aliphatic carbocycles. The summed E-state index contributed by atoms with van der Waals surface area (Å²) in [5.41, 5.74) is 2.10. The summed E-state index contributed by atoms with van der Waals surface area (Å²) >= 11 is 0. The molecule has 0 aliphatic heterocycles. The molecule has 0 fully saturated rings. The van der Waals surface area contributed by atoms with E-state index in [2.05, 4.69) is 5.32 Å². The fourth-order valence-electron chi connectivity index (χ4n) is 2.53. The maximum atomic E-state index is 12.5. The molecule has 134 valence electrons. The van der Waals surface area contributed by atoms with Crippen LogP contribution in [0.3, 0.4) is 0 Å². The number of benzene rings is 2. The van der Waals surface area contributed by atoms with Crippen LogP contribution in [-0.2, 0) is 10.0 Å². The van der Waals surface area contributed by atoms with Gasteiger partial charge >= 0.3 is 0 Å². The van der Waals surface area contributed by atoms with E-state index in [9.17, 15) is 13.2 Å². The number of carbonyl (C=O) groups excluding carboxylic acids is 1. The lowest BCUT2D eigenvalue weighted by Gasteiger charge is -2.19. The molecule has 1 atom stereocenters. The Morgan fingerprint density at radius 3 is 2.16 bits per heavy atom. The highest BCUT2D eigenvalue weighted by molar-refractivity contribution is 7.92. The number of carbonyl (C=O) groups is 1. The Bertz CT molecular complexity index is 802. The molecule has 2 rings (SSSR count). The smallest absolute Gasteiger partial charge is 0.251 e. The van der Waals surface area contributed by atoms with Crippen LogP contribution in [0.25, 0.3) is 0 Å². The van der Waals surface area contributed by atoms with Gasteiger partial charge in [-0.25, -0.2) is 8.42 Å². The van der Waals surface area contributed by atoms with Crippen molar-refractivity contribution in [2.75, 3.05) is 17.1 Å². The summed E-state index contributed by atoms with van der Waals surface area (Å²) in [5, 5.41) is 3.02. The van der Waals surface area contributed by atoms with Crippen molar-refractivity contribution in [3.63, 3.8) is 0 Å². The van der Waals surface area contributed by atoms with E-state index in [1.165, 1.54) is 11.4 Å². The van der Waals surface area contributed by atoms with Gasteiger partial charge in [0.15, 0.2) is 0 Å². The molecule has 0 saturated carbocycles. The first-order chi connectivity index (χ1) is 11.9. The van der Waals surface area contributed by atoms with Crippen molar-refractivity contribution in [2.24, 2.45) is 0 Å². The molecule has 0 aromatic heterocycles. The van der Waals surface area contributed by atoms with E-state index in [1.807, 2.05) is 37.3 Å². The van der Waals surface area contributed by atoms with Gasteiger partial charge in [0.1, 0.15) is 0 Å². The van der Waals surface area contributed by atoms with Crippen LogP contribution in [0.1, 0.15) is 42.2 Å². The van der Waals surface area contributed by atoms with Gasteiger partial charge in [-0.3, -0.25) is 9.10 Å². The van der Waals surface area contributed by atoms with Gasteiger partial charge in [-0.05, 0) is 43.2 Å². The predicted octanol–water partition coefficient (Wildman–Crippen LogP) is 3.35. The summed E-state index contributed by atoms with van der Waals surface area (Å²) in [5.74, 6) is -0.149. The number of hydrogen-bond acceptors (Lipinski definition) is 3. The number of amides is 1. The molecular formula is C19H24N2O3S. The van der Waals surface area contributed by atoms with Crippen LogP contribution in [0.5, 0.6) is 0 Å². The van der Waals surface area contributed by atoms with Gasteiger partial charge in [0.05, 0.1) is 17.5 Å². The third kappa shape index (κ3) is 4.60. The van der Waals surface area contributed by atoms with Gasteiger partial charge in [-0.2, -0.15) is 0 Å².